The SMILES string of the molecule is CCOc1cccc(C=N[C@H](Cc2ccccc2)C(O)(c2ccccc2OC(C)C)c2ccccc2OC(C)C)c1O. The van der Waals surface area contributed by atoms with Gasteiger partial charge < -0.3 is 24.4 Å². The van der Waals surface area contributed by atoms with E-state index in [-0.39, 0.29) is 18.0 Å². The Bertz CT molecular complexity index is 1410. The first-order valence-corrected chi connectivity index (χ1v) is 14.5. The summed E-state index contributed by atoms with van der Waals surface area (Å²) in [5.41, 5.74) is 0.943. The van der Waals surface area contributed by atoms with Crippen molar-refractivity contribution in [3.63, 3.8) is 0 Å². The first kappa shape index (κ1) is 30.7. The Kier molecular flexibility index (Phi) is 10.3. The Labute approximate surface area is 249 Å². The number of phenolic OH excluding ortho intramolecular Hbond substituents is 1. The van der Waals surface area contributed by atoms with Gasteiger partial charge in [0.05, 0.1) is 24.9 Å². The molecule has 0 aliphatic carbocycles. The third-order valence-corrected chi connectivity index (χ3v) is 6.80. The third-order valence-electron chi connectivity index (χ3n) is 6.80. The van der Waals surface area contributed by atoms with Gasteiger partial charge in [-0.25, -0.2) is 0 Å². The van der Waals surface area contributed by atoms with E-state index in [1.165, 1.54) is 0 Å². The van der Waals surface area contributed by atoms with Crippen LogP contribution in [0, 0.1) is 0 Å². The van der Waals surface area contributed by atoms with E-state index in [0.717, 1.165) is 5.56 Å². The van der Waals surface area contributed by atoms with Crippen molar-refractivity contribution in [2.75, 3.05) is 6.61 Å². The normalized spacial score (nSPS) is 12.6. The van der Waals surface area contributed by atoms with Crippen LogP contribution >= 0.6 is 0 Å². The number of aliphatic imine (C=N–C) groups is 1. The van der Waals surface area contributed by atoms with Gasteiger partial charge >= 0.3 is 0 Å². The maximum absolute atomic E-state index is 13.2. The molecule has 4 aromatic carbocycles. The molecule has 0 aliphatic rings. The van der Waals surface area contributed by atoms with Crippen molar-refractivity contribution in [1.82, 2.24) is 0 Å². The smallest absolute Gasteiger partial charge is 0.166 e. The minimum atomic E-state index is -1.68. The zero-order valence-corrected chi connectivity index (χ0v) is 25.0. The van der Waals surface area contributed by atoms with Crippen LogP contribution in [0.25, 0.3) is 0 Å². The van der Waals surface area contributed by atoms with Crippen LogP contribution in [0.3, 0.4) is 0 Å². The van der Waals surface area contributed by atoms with Crippen molar-refractivity contribution in [3.8, 4) is 23.0 Å². The molecule has 0 spiro atoms. The van der Waals surface area contributed by atoms with E-state index >= 15 is 0 Å². The van der Waals surface area contributed by atoms with Crippen molar-refractivity contribution in [2.24, 2.45) is 4.99 Å². The lowest BCUT2D eigenvalue weighted by Crippen LogP contribution is -2.42. The summed E-state index contributed by atoms with van der Waals surface area (Å²) in [5, 5.41) is 24.1. The van der Waals surface area contributed by atoms with Crippen molar-refractivity contribution in [1.29, 1.82) is 0 Å². The molecule has 0 saturated carbocycles. The summed E-state index contributed by atoms with van der Waals surface area (Å²) in [6.07, 6.45) is 1.76. The minimum Gasteiger partial charge on any atom is -0.504 e. The Hall–Kier alpha value is -4.29. The Morgan fingerprint density at radius 3 is 1.79 bits per heavy atom. The Morgan fingerprint density at radius 1 is 0.714 bits per heavy atom. The van der Waals surface area contributed by atoms with Crippen LogP contribution in [0.2, 0.25) is 0 Å². The topological polar surface area (TPSA) is 80.5 Å². The van der Waals surface area contributed by atoms with Gasteiger partial charge in [0.2, 0.25) is 0 Å². The van der Waals surface area contributed by atoms with E-state index in [2.05, 4.69) is 0 Å². The molecule has 6 heteroatoms. The fourth-order valence-electron chi connectivity index (χ4n) is 5.01. The number of nitrogens with zero attached hydrogens (tertiary/aromatic N) is 1. The lowest BCUT2D eigenvalue weighted by Gasteiger charge is -2.37. The standard InChI is InChI=1S/C36H41NO5/c1-6-40-33-22-14-17-28(35(33)38)24-37-34(23-27-15-8-7-9-16-27)36(39,29-18-10-12-20-31(29)41-25(2)3)30-19-11-13-21-32(30)42-26(4)5/h7-22,24-26,34,38-39H,6,23H2,1-5H3/t34-/m1/s1. The summed E-state index contributed by atoms with van der Waals surface area (Å²) in [4.78, 5) is 5.02. The number of benzene rings is 4. The molecule has 1 atom stereocenters. The number of para-hydroxylation sites is 3. The van der Waals surface area contributed by atoms with E-state index in [4.69, 9.17) is 19.2 Å². The van der Waals surface area contributed by atoms with Gasteiger partial charge in [-0.05, 0) is 70.9 Å². The number of hydrogen-bond donors (Lipinski definition) is 2. The number of aromatic hydroxyl groups is 1. The molecular formula is C36H41NO5. The largest absolute Gasteiger partial charge is 0.504 e. The molecule has 4 rings (SSSR count). The summed E-state index contributed by atoms with van der Waals surface area (Å²) in [7, 11) is 0. The van der Waals surface area contributed by atoms with Crippen LogP contribution in [0.5, 0.6) is 23.0 Å². The second kappa shape index (κ2) is 14.1. The maximum atomic E-state index is 13.2. The van der Waals surface area contributed by atoms with Gasteiger partial charge in [0.25, 0.3) is 0 Å². The Morgan fingerprint density at radius 2 is 1.24 bits per heavy atom. The number of aliphatic hydroxyl groups is 1. The lowest BCUT2D eigenvalue weighted by atomic mass is 9.77. The molecule has 0 fully saturated rings. The number of rotatable bonds is 13. The molecule has 0 radical (unpaired) electrons. The second-order valence-electron chi connectivity index (χ2n) is 10.7. The van der Waals surface area contributed by atoms with Crippen molar-refractivity contribution < 1.29 is 24.4 Å². The number of phenols is 1. The summed E-state index contributed by atoms with van der Waals surface area (Å²) in [5.74, 6) is 1.49. The van der Waals surface area contributed by atoms with Crippen molar-refractivity contribution >= 4 is 6.21 Å². The van der Waals surface area contributed by atoms with E-state index in [1.54, 1.807) is 18.3 Å². The highest BCUT2D eigenvalue weighted by Crippen LogP contribution is 2.45. The number of ether oxygens (including phenoxy) is 3. The predicted octanol–water partition coefficient (Wildman–Crippen LogP) is 7.33. The van der Waals surface area contributed by atoms with Crippen LogP contribution in [0.15, 0.2) is 102 Å². The van der Waals surface area contributed by atoms with Gasteiger partial charge in [-0.3, -0.25) is 4.99 Å². The average molecular weight is 568 g/mol. The van der Waals surface area contributed by atoms with Gasteiger partial charge in [0.15, 0.2) is 11.5 Å². The van der Waals surface area contributed by atoms with Crippen molar-refractivity contribution in [3.05, 3.63) is 119 Å². The van der Waals surface area contributed by atoms with Crippen LogP contribution in [-0.4, -0.2) is 41.3 Å². The summed E-state index contributed by atoms with van der Waals surface area (Å²) in [6, 6.07) is 29.5. The van der Waals surface area contributed by atoms with E-state index < -0.39 is 11.6 Å². The monoisotopic (exact) mass is 567 g/mol. The first-order valence-electron chi connectivity index (χ1n) is 14.5. The van der Waals surface area contributed by atoms with Gasteiger partial charge in [-0.15, -0.1) is 0 Å². The fourth-order valence-corrected chi connectivity index (χ4v) is 5.01. The zero-order valence-electron chi connectivity index (χ0n) is 25.0. The molecular weight excluding hydrogens is 526 g/mol. The minimum absolute atomic E-state index is 0.00261. The fraction of sp³-hybridized carbons (Fsp3) is 0.306. The van der Waals surface area contributed by atoms with Crippen LogP contribution in [-0.2, 0) is 12.0 Å². The molecule has 0 amide bonds. The van der Waals surface area contributed by atoms with E-state index in [9.17, 15) is 10.2 Å². The Balaban J connectivity index is 1.98. The first-order chi connectivity index (χ1) is 20.2. The average Bonchev–Trinajstić information content (AvgIpc) is 2.97. The molecule has 0 aliphatic heterocycles. The molecule has 42 heavy (non-hydrogen) atoms. The molecule has 0 saturated heterocycles. The van der Waals surface area contributed by atoms with Gasteiger partial charge in [0, 0.05) is 22.9 Å². The third kappa shape index (κ3) is 7.12. The molecule has 4 aromatic rings. The van der Waals surface area contributed by atoms with Gasteiger partial charge in [-0.1, -0.05) is 72.8 Å². The van der Waals surface area contributed by atoms with Gasteiger partial charge in [-0.2, -0.15) is 0 Å². The van der Waals surface area contributed by atoms with Crippen LogP contribution in [0.1, 0.15) is 56.9 Å². The molecule has 0 unspecified atom stereocenters. The quantitative estimate of drug-likeness (QED) is 0.165. The molecule has 220 valence electrons. The lowest BCUT2D eigenvalue weighted by molar-refractivity contribution is 0.0443. The summed E-state index contributed by atoms with van der Waals surface area (Å²) in [6.45, 7) is 10.1. The summed E-state index contributed by atoms with van der Waals surface area (Å²) >= 11 is 0. The maximum Gasteiger partial charge on any atom is 0.166 e. The highest BCUT2D eigenvalue weighted by Gasteiger charge is 2.44. The highest BCUT2D eigenvalue weighted by molar-refractivity contribution is 5.85. The molecule has 0 aromatic heterocycles. The molecule has 0 heterocycles. The number of hydrogen-bond acceptors (Lipinski definition) is 6. The second-order valence-corrected chi connectivity index (χ2v) is 10.7. The molecule has 2 N–H and O–H groups in total. The summed E-state index contributed by atoms with van der Waals surface area (Å²) < 4.78 is 18.1. The van der Waals surface area contributed by atoms with E-state index in [1.807, 2.05) is 120 Å². The zero-order chi connectivity index (χ0) is 30.1. The molecule has 0 bridgehead atoms. The predicted molar refractivity (Wildman–Crippen MR) is 168 cm³/mol. The molecule has 6 nitrogen and oxygen atoms in total. The van der Waals surface area contributed by atoms with Gasteiger partial charge in [0.1, 0.15) is 17.1 Å². The van der Waals surface area contributed by atoms with E-state index in [0.29, 0.717) is 47.0 Å². The van der Waals surface area contributed by atoms with Crippen LogP contribution < -0.4 is 14.2 Å². The van der Waals surface area contributed by atoms with Crippen LogP contribution in [0.4, 0.5) is 0 Å². The highest BCUT2D eigenvalue weighted by atomic mass is 16.5. The van der Waals surface area contributed by atoms with Crippen molar-refractivity contribution in [2.45, 2.75) is 64.9 Å².